The molecule has 2 aromatic rings. The second-order valence-electron chi connectivity index (χ2n) is 4.19. The van der Waals surface area contributed by atoms with E-state index in [2.05, 4.69) is 29.4 Å². The molecule has 0 unspecified atom stereocenters. The van der Waals surface area contributed by atoms with Crippen molar-refractivity contribution in [2.45, 2.75) is 26.4 Å². The number of amides is 1. The third-order valence-electron chi connectivity index (χ3n) is 2.74. The minimum Gasteiger partial charge on any atom is -0.346 e. The molecule has 19 heavy (non-hydrogen) atoms. The fourth-order valence-corrected chi connectivity index (χ4v) is 2.61. The molecule has 102 valence electrons. The summed E-state index contributed by atoms with van der Waals surface area (Å²) >= 11 is 1.73. The molecule has 0 saturated heterocycles. The lowest BCUT2D eigenvalue weighted by atomic mass is 10.3. The molecule has 5 nitrogen and oxygen atoms in total. The van der Waals surface area contributed by atoms with Gasteiger partial charge in [-0.15, -0.1) is 11.3 Å². The van der Waals surface area contributed by atoms with Crippen molar-refractivity contribution < 1.29 is 4.79 Å². The van der Waals surface area contributed by atoms with Crippen molar-refractivity contribution >= 4 is 17.2 Å². The van der Waals surface area contributed by atoms with Gasteiger partial charge in [0.15, 0.2) is 0 Å². The highest BCUT2D eigenvalue weighted by molar-refractivity contribution is 7.11. The normalized spacial score (nSPS) is 10.6. The van der Waals surface area contributed by atoms with Gasteiger partial charge in [0.05, 0.1) is 12.9 Å². The lowest BCUT2D eigenvalue weighted by Crippen LogP contribution is -2.22. The van der Waals surface area contributed by atoms with E-state index in [1.807, 2.05) is 4.57 Å². The topological polar surface area (TPSA) is 72.9 Å². The average Bonchev–Trinajstić information content (AvgIpc) is 3.05. The first-order valence-electron chi connectivity index (χ1n) is 6.30. The highest BCUT2D eigenvalue weighted by Gasteiger charge is 2.09. The zero-order valence-electron chi connectivity index (χ0n) is 10.9. The van der Waals surface area contributed by atoms with Crippen molar-refractivity contribution in [1.82, 2.24) is 14.9 Å². The molecule has 0 aromatic carbocycles. The Morgan fingerprint density at radius 3 is 2.95 bits per heavy atom. The van der Waals surface area contributed by atoms with Crippen LogP contribution in [0.1, 0.15) is 27.2 Å². The van der Waals surface area contributed by atoms with Gasteiger partial charge in [-0.05, 0) is 18.6 Å². The van der Waals surface area contributed by atoms with Crippen LogP contribution in [0.5, 0.6) is 0 Å². The van der Waals surface area contributed by atoms with E-state index in [9.17, 15) is 4.79 Å². The summed E-state index contributed by atoms with van der Waals surface area (Å²) in [6.07, 6.45) is 4.37. The Morgan fingerprint density at radius 2 is 2.26 bits per heavy atom. The van der Waals surface area contributed by atoms with Crippen LogP contribution in [0.3, 0.4) is 0 Å². The fraction of sp³-hybridized carbons (Fsp3) is 0.385. The van der Waals surface area contributed by atoms with Gasteiger partial charge in [0.1, 0.15) is 5.69 Å². The quantitative estimate of drug-likeness (QED) is 0.839. The summed E-state index contributed by atoms with van der Waals surface area (Å²) < 4.78 is 1.81. The van der Waals surface area contributed by atoms with Crippen LogP contribution in [0.15, 0.2) is 24.7 Å². The maximum Gasteiger partial charge on any atom is 0.271 e. The molecule has 0 saturated carbocycles. The molecule has 0 aliphatic heterocycles. The fourth-order valence-electron chi connectivity index (χ4n) is 1.71. The Bertz CT molecular complexity index is 546. The second-order valence-corrected chi connectivity index (χ2v) is 5.44. The molecule has 2 rings (SSSR count). The number of carbonyl (C=O) groups is 1. The number of imidazole rings is 1. The van der Waals surface area contributed by atoms with Crippen LogP contribution in [0.2, 0.25) is 0 Å². The molecular weight excluding hydrogens is 260 g/mol. The van der Waals surface area contributed by atoms with E-state index in [1.54, 1.807) is 23.9 Å². The molecule has 6 heteroatoms. The monoisotopic (exact) mass is 278 g/mol. The first-order chi connectivity index (χ1) is 9.22. The first kappa shape index (κ1) is 13.8. The van der Waals surface area contributed by atoms with Crippen molar-refractivity contribution in [3.05, 3.63) is 40.1 Å². The number of nitrogens with two attached hydrogens (primary N) is 1. The Hall–Kier alpha value is -1.66. The molecule has 0 fully saturated rings. The largest absolute Gasteiger partial charge is 0.346 e. The smallest absolute Gasteiger partial charge is 0.271 e. The van der Waals surface area contributed by atoms with E-state index >= 15 is 0 Å². The van der Waals surface area contributed by atoms with Gasteiger partial charge in [-0.1, -0.05) is 6.92 Å². The summed E-state index contributed by atoms with van der Waals surface area (Å²) in [6.45, 7) is 3.88. The van der Waals surface area contributed by atoms with Crippen molar-refractivity contribution in [2.75, 3.05) is 6.54 Å². The molecular formula is C13H18N4OS. The molecule has 2 heterocycles. The minimum absolute atomic E-state index is 0.151. The molecule has 0 atom stereocenters. The third-order valence-corrected chi connectivity index (χ3v) is 3.97. The molecule has 3 N–H and O–H groups in total. The minimum atomic E-state index is -0.151. The van der Waals surface area contributed by atoms with Crippen molar-refractivity contribution in [3.8, 4) is 0 Å². The van der Waals surface area contributed by atoms with Crippen LogP contribution in [-0.4, -0.2) is 22.0 Å². The number of aryl methyl sites for hydroxylation is 1. The summed E-state index contributed by atoms with van der Waals surface area (Å²) in [5, 5.41) is 2.87. The molecule has 0 radical (unpaired) electrons. The zero-order valence-corrected chi connectivity index (χ0v) is 11.7. The van der Waals surface area contributed by atoms with Crippen LogP contribution in [0.25, 0.3) is 0 Å². The van der Waals surface area contributed by atoms with Crippen LogP contribution in [0, 0.1) is 0 Å². The molecule has 1 amide bonds. The van der Waals surface area contributed by atoms with Crippen LogP contribution in [-0.2, 0) is 19.5 Å². The van der Waals surface area contributed by atoms with E-state index in [1.165, 1.54) is 4.88 Å². The summed E-state index contributed by atoms with van der Waals surface area (Å²) in [4.78, 5) is 18.5. The van der Waals surface area contributed by atoms with Gasteiger partial charge in [0.2, 0.25) is 0 Å². The van der Waals surface area contributed by atoms with Gasteiger partial charge < -0.3 is 15.6 Å². The van der Waals surface area contributed by atoms with Gasteiger partial charge >= 0.3 is 0 Å². The van der Waals surface area contributed by atoms with E-state index in [-0.39, 0.29) is 5.91 Å². The first-order valence-corrected chi connectivity index (χ1v) is 7.12. The Balaban J connectivity index is 1.89. The number of rotatable bonds is 6. The summed E-state index contributed by atoms with van der Waals surface area (Å²) in [5.74, 6) is -0.151. The second kappa shape index (κ2) is 6.49. The maximum atomic E-state index is 11.9. The van der Waals surface area contributed by atoms with Gasteiger partial charge in [-0.25, -0.2) is 4.98 Å². The highest BCUT2D eigenvalue weighted by atomic mass is 32.1. The van der Waals surface area contributed by atoms with Crippen molar-refractivity contribution in [3.63, 3.8) is 0 Å². The number of hydrogen-bond donors (Lipinski definition) is 2. The number of nitrogens with one attached hydrogen (secondary N) is 1. The third kappa shape index (κ3) is 3.65. The highest BCUT2D eigenvalue weighted by Crippen LogP contribution is 2.16. The maximum absolute atomic E-state index is 11.9. The molecule has 0 aliphatic rings. The predicted molar refractivity (Wildman–Crippen MR) is 76.1 cm³/mol. The van der Waals surface area contributed by atoms with E-state index in [0.717, 1.165) is 11.3 Å². The average molecular weight is 278 g/mol. The van der Waals surface area contributed by atoms with Crippen molar-refractivity contribution in [1.29, 1.82) is 0 Å². The van der Waals surface area contributed by atoms with Gasteiger partial charge in [0.25, 0.3) is 5.91 Å². The van der Waals surface area contributed by atoms with Crippen LogP contribution >= 0.6 is 11.3 Å². The molecule has 0 spiro atoms. The lowest BCUT2D eigenvalue weighted by molar-refractivity contribution is 0.0946. The summed E-state index contributed by atoms with van der Waals surface area (Å²) in [6, 6.07) is 4.15. The zero-order chi connectivity index (χ0) is 13.7. The van der Waals surface area contributed by atoms with E-state index in [0.29, 0.717) is 25.3 Å². The van der Waals surface area contributed by atoms with E-state index < -0.39 is 0 Å². The van der Waals surface area contributed by atoms with Crippen LogP contribution in [0.4, 0.5) is 0 Å². The van der Waals surface area contributed by atoms with Gasteiger partial charge in [-0.2, -0.15) is 0 Å². The molecule has 0 bridgehead atoms. The Morgan fingerprint density at radius 1 is 1.47 bits per heavy atom. The SMILES string of the molecule is CCc1ccc(CNC(=O)c2cn(CCN)cn2)s1. The summed E-state index contributed by atoms with van der Waals surface area (Å²) in [5.41, 5.74) is 5.88. The van der Waals surface area contributed by atoms with Crippen LogP contribution < -0.4 is 11.1 Å². The van der Waals surface area contributed by atoms with Gasteiger partial charge in [0, 0.05) is 29.0 Å². The van der Waals surface area contributed by atoms with E-state index in [4.69, 9.17) is 5.73 Å². The number of nitrogens with zero attached hydrogens (tertiary/aromatic N) is 2. The Kier molecular flexibility index (Phi) is 4.70. The standard InChI is InChI=1S/C13H18N4OS/c1-2-10-3-4-11(19-10)7-15-13(18)12-8-17(6-5-14)9-16-12/h3-4,8-9H,2,5-7,14H2,1H3,(H,15,18). The molecule has 0 aliphatic carbocycles. The van der Waals surface area contributed by atoms with Gasteiger partial charge in [-0.3, -0.25) is 4.79 Å². The lowest BCUT2D eigenvalue weighted by Gasteiger charge is -2.00. The molecule has 2 aromatic heterocycles. The predicted octanol–water partition coefficient (Wildman–Crippen LogP) is 1.40. The Labute approximate surface area is 116 Å². The van der Waals surface area contributed by atoms with Crippen molar-refractivity contribution in [2.24, 2.45) is 5.73 Å². The number of thiophene rings is 1. The summed E-state index contributed by atoms with van der Waals surface area (Å²) in [7, 11) is 0. The number of hydrogen-bond acceptors (Lipinski definition) is 4. The number of aromatic nitrogens is 2. The number of carbonyl (C=O) groups excluding carboxylic acids is 1.